The first-order valence-electron chi connectivity index (χ1n) is 9.51. The molecule has 0 aliphatic heterocycles. The molecule has 0 saturated heterocycles. The van der Waals surface area contributed by atoms with Gasteiger partial charge in [0.2, 0.25) is 0 Å². The summed E-state index contributed by atoms with van der Waals surface area (Å²) in [5, 5.41) is 14.7. The molecule has 2 N–H and O–H groups in total. The maximum Gasteiger partial charge on any atom is 0.197 e. The molecule has 0 bridgehead atoms. The molecule has 2 aromatic carbocycles. The standard InChI is InChI=1S/C23H25N3OS/c27-26(23(28)25-21-13-5-2-6-14-21)17-8-7-15-22(19-10-3-1-4-11-19)20-12-9-16-24-18-20/h1-6,9-14,16,18,22,27H,7-8,15,17H2,(H,25,28). The van der Waals surface area contributed by atoms with Gasteiger partial charge in [0.15, 0.2) is 5.11 Å². The van der Waals surface area contributed by atoms with Crippen molar-refractivity contribution in [2.24, 2.45) is 0 Å². The quantitative estimate of drug-likeness (QED) is 0.303. The van der Waals surface area contributed by atoms with Crippen LogP contribution < -0.4 is 5.32 Å². The summed E-state index contributed by atoms with van der Waals surface area (Å²) in [5.74, 6) is 0.302. The molecule has 1 unspecified atom stereocenters. The lowest BCUT2D eigenvalue weighted by molar-refractivity contribution is -0.0129. The normalized spacial score (nSPS) is 11.6. The van der Waals surface area contributed by atoms with E-state index in [-0.39, 0.29) is 0 Å². The molecule has 1 atom stereocenters. The van der Waals surface area contributed by atoms with Crippen molar-refractivity contribution in [3.8, 4) is 0 Å². The van der Waals surface area contributed by atoms with Gasteiger partial charge in [0.25, 0.3) is 0 Å². The number of thiocarbonyl (C=S) groups is 1. The Kier molecular flexibility index (Phi) is 7.53. The van der Waals surface area contributed by atoms with Crippen LogP contribution >= 0.6 is 12.2 Å². The van der Waals surface area contributed by atoms with E-state index in [1.54, 1.807) is 6.20 Å². The van der Waals surface area contributed by atoms with E-state index < -0.39 is 0 Å². The number of unbranched alkanes of at least 4 members (excludes halogenated alkanes) is 1. The van der Waals surface area contributed by atoms with Crippen LogP contribution in [0.25, 0.3) is 0 Å². The van der Waals surface area contributed by atoms with Gasteiger partial charge in [-0.3, -0.25) is 10.2 Å². The molecule has 5 heteroatoms. The van der Waals surface area contributed by atoms with Gasteiger partial charge < -0.3 is 5.32 Å². The van der Waals surface area contributed by atoms with E-state index in [0.717, 1.165) is 30.0 Å². The van der Waals surface area contributed by atoms with E-state index in [4.69, 9.17) is 12.2 Å². The van der Waals surface area contributed by atoms with Crippen LogP contribution in [0.5, 0.6) is 0 Å². The number of hydrogen-bond donors (Lipinski definition) is 2. The first-order chi connectivity index (χ1) is 13.7. The maximum absolute atomic E-state index is 10.2. The molecule has 0 aliphatic rings. The van der Waals surface area contributed by atoms with E-state index in [2.05, 4.69) is 40.6 Å². The van der Waals surface area contributed by atoms with Crippen LogP contribution in [0.4, 0.5) is 5.69 Å². The summed E-state index contributed by atoms with van der Waals surface area (Å²) >= 11 is 5.27. The maximum atomic E-state index is 10.2. The molecule has 0 amide bonds. The van der Waals surface area contributed by atoms with Crippen molar-refractivity contribution in [3.05, 3.63) is 96.3 Å². The highest BCUT2D eigenvalue weighted by Gasteiger charge is 2.14. The van der Waals surface area contributed by atoms with Crippen LogP contribution in [-0.4, -0.2) is 26.9 Å². The Morgan fingerprint density at radius 3 is 2.29 bits per heavy atom. The minimum absolute atomic E-state index is 0.302. The number of anilines is 1. The summed E-state index contributed by atoms with van der Waals surface area (Å²) in [5.41, 5.74) is 3.38. The molecule has 28 heavy (non-hydrogen) atoms. The fraction of sp³-hybridized carbons (Fsp3) is 0.217. The molecule has 3 aromatic rings. The van der Waals surface area contributed by atoms with Crippen molar-refractivity contribution >= 4 is 23.0 Å². The zero-order valence-electron chi connectivity index (χ0n) is 15.7. The van der Waals surface area contributed by atoms with E-state index in [9.17, 15) is 5.21 Å². The second kappa shape index (κ2) is 10.5. The summed E-state index contributed by atoms with van der Waals surface area (Å²) in [6.07, 6.45) is 6.55. The van der Waals surface area contributed by atoms with Crippen molar-refractivity contribution in [2.75, 3.05) is 11.9 Å². The molecule has 1 aromatic heterocycles. The molecular weight excluding hydrogens is 366 g/mol. The Hall–Kier alpha value is -2.76. The third-order valence-corrected chi connectivity index (χ3v) is 4.97. The Labute approximate surface area is 171 Å². The molecule has 144 valence electrons. The number of rotatable bonds is 8. The van der Waals surface area contributed by atoms with Crippen molar-refractivity contribution < 1.29 is 5.21 Å². The lowest BCUT2D eigenvalue weighted by Gasteiger charge is -2.20. The van der Waals surface area contributed by atoms with Crippen molar-refractivity contribution in [3.63, 3.8) is 0 Å². The van der Waals surface area contributed by atoms with Crippen molar-refractivity contribution in [1.82, 2.24) is 10.0 Å². The molecule has 1 heterocycles. The Balaban J connectivity index is 1.51. The number of nitrogens with zero attached hydrogens (tertiary/aromatic N) is 2. The van der Waals surface area contributed by atoms with Gasteiger partial charge in [0, 0.05) is 30.5 Å². The molecule has 3 rings (SSSR count). The minimum Gasteiger partial charge on any atom is -0.331 e. The Morgan fingerprint density at radius 1 is 0.929 bits per heavy atom. The highest BCUT2D eigenvalue weighted by Crippen LogP contribution is 2.29. The molecule has 0 radical (unpaired) electrons. The summed E-state index contributed by atoms with van der Waals surface area (Å²) in [6, 6.07) is 24.2. The highest BCUT2D eigenvalue weighted by molar-refractivity contribution is 7.80. The van der Waals surface area contributed by atoms with Gasteiger partial charge in [-0.1, -0.05) is 61.0 Å². The summed E-state index contributed by atoms with van der Waals surface area (Å²) in [6.45, 7) is 0.493. The predicted molar refractivity (Wildman–Crippen MR) is 118 cm³/mol. The number of benzene rings is 2. The van der Waals surface area contributed by atoms with Gasteiger partial charge in [0.05, 0.1) is 0 Å². The molecular formula is C23H25N3OS. The van der Waals surface area contributed by atoms with E-state index in [1.165, 1.54) is 11.1 Å². The van der Waals surface area contributed by atoms with Gasteiger partial charge in [-0.25, -0.2) is 5.06 Å². The molecule has 4 nitrogen and oxygen atoms in total. The SMILES string of the molecule is ON(CCCCC(c1ccccc1)c1cccnc1)C(=S)Nc1ccccc1. The molecule has 0 saturated carbocycles. The zero-order chi connectivity index (χ0) is 19.6. The van der Waals surface area contributed by atoms with E-state index in [0.29, 0.717) is 17.6 Å². The van der Waals surface area contributed by atoms with E-state index >= 15 is 0 Å². The Bertz CT molecular complexity index is 804. The number of hydroxylamine groups is 2. The van der Waals surface area contributed by atoms with Crippen LogP contribution in [0.2, 0.25) is 0 Å². The van der Waals surface area contributed by atoms with Gasteiger partial charge in [-0.05, 0) is 54.4 Å². The van der Waals surface area contributed by atoms with Crippen molar-refractivity contribution in [1.29, 1.82) is 0 Å². The summed E-state index contributed by atoms with van der Waals surface area (Å²) in [7, 11) is 0. The van der Waals surface area contributed by atoms with Crippen LogP contribution in [0, 0.1) is 0 Å². The fourth-order valence-electron chi connectivity index (χ4n) is 3.21. The number of aromatic nitrogens is 1. The lowest BCUT2D eigenvalue weighted by atomic mass is 9.88. The summed E-state index contributed by atoms with van der Waals surface area (Å²) < 4.78 is 0. The van der Waals surface area contributed by atoms with Gasteiger partial charge >= 0.3 is 0 Å². The van der Waals surface area contributed by atoms with Gasteiger partial charge in [-0.15, -0.1) is 0 Å². The second-order valence-electron chi connectivity index (χ2n) is 6.66. The van der Waals surface area contributed by atoms with Crippen molar-refractivity contribution in [2.45, 2.75) is 25.2 Å². The monoisotopic (exact) mass is 391 g/mol. The lowest BCUT2D eigenvalue weighted by Crippen LogP contribution is -2.32. The average Bonchev–Trinajstić information content (AvgIpc) is 2.75. The number of pyridine rings is 1. The highest BCUT2D eigenvalue weighted by atomic mass is 32.1. The van der Waals surface area contributed by atoms with Gasteiger partial charge in [0.1, 0.15) is 0 Å². The molecule has 0 fully saturated rings. The first kappa shape index (κ1) is 20.0. The topological polar surface area (TPSA) is 48.4 Å². The molecule has 0 spiro atoms. The summed E-state index contributed by atoms with van der Waals surface area (Å²) in [4.78, 5) is 4.28. The number of para-hydroxylation sites is 1. The predicted octanol–water partition coefficient (Wildman–Crippen LogP) is 5.47. The zero-order valence-corrected chi connectivity index (χ0v) is 16.6. The van der Waals surface area contributed by atoms with Crippen LogP contribution in [0.1, 0.15) is 36.3 Å². The average molecular weight is 392 g/mol. The largest absolute Gasteiger partial charge is 0.331 e. The van der Waals surface area contributed by atoms with Gasteiger partial charge in [-0.2, -0.15) is 0 Å². The second-order valence-corrected chi connectivity index (χ2v) is 7.05. The number of hydrogen-bond acceptors (Lipinski definition) is 3. The Morgan fingerprint density at radius 2 is 1.61 bits per heavy atom. The number of nitrogens with one attached hydrogen (secondary N) is 1. The smallest absolute Gasteiger partial charge is 0.197 e. The van der Waals surface area contributed by atoms with Crippen LogP contribution in [-0.2, 0) is 0 Å². The van der Waals surface area contributed by atoms with E-state index in [1.807, 2.05) is 48.7 Å². The first-order valence-corrected chi connectivity index (χ1v) is 9.92. The third kappa shape index (κ3) is 5.87. The third-order valence-electron chi connectivity index (χ3n) is 4.66. The van der Waals surface area contributed by atoms with Crippen LogP contribution in [0.15, 0.2) is 85.2 Å². The fourth-order valence-corrected chi connectivity index (χ4v) is 3.42. The van der Waals surface area contributed by atoms with Crippen LogP contribution in [0.3, 0.4) is 0 Å². The molecule has 0 aliphatic carbocycles. The minimum atomic E-state index is 0.302.